The van der Waals surface area contributed by atoms with Crippen molar-refractivity contribution in [1.29, 1.82) is 0 Å². The van der Waals surface area contributed by atoms with E-state index in [2.05, 4.69) is 10.3 Å². The number of carbonyl (C=O) groups excluding carboxylic acids is 1. The third-order valence-electron chi connectivity index (χ3n) is 2.67. The molecule has 0 radical (unpaired) electrons. The van der Waals surface area contributed by atoms with Gasteiger partial charge in [-0.15, -0.1) is 0 Å². The second kappa shape index (κ2) is 6.72. The van der Waals surface area contributed by atoms with E-state index in [9.17, 15) is 9.90 Å². The molecule has 2 aromatic heterocycles. The molecule has 0 bridgehead atoms. The van der Waals surface area contributed by atoms with Crippen LogP contribution in [0.25, 0.3) is 0 Å². The second-order valence-corrected chi connectivity index (χ2v) is 4.01. The fraction of sp³-hybridized carbons (Fsp3) is 0.286. The summed E-state index contributed by atoms with van der Waals surface area (Å²) in [6.45, 7) is 1.97. The van der Waals surface area contributed by atoms with Gasteiger partial charge in [0.05, 0.1) is 19.5 Å². The van der Waals surface area contributed by atoms with E-state index in [0.29, 0.717) is 17.9 Å². The summed E-state index contributed by atoms with van der Waals surface area (Å²) in [7, 11) is 0. The molecule has 20 heavy (non-hydrogen) atoms. The summed E-state index contributed by atoms with van der Waals surface area (Å²) >= 11 is 0. The van der Waals surface area contributed by atoms with Gasteiger partial charge in [-0.1, -0.05) is 0 Å². The third kappa shape index (κ3) is 3.16. The number of hydrogen-bond donors (Lipinski definition) is 2. The van der Waals surface area contributed by atoms with Crippen molar-refractivity contribution in [3.05, 3.63) is 48.0 Å². The molecule has 1 unspecified atom stereocenters. The van der Waals surface area contributed by atoms with Crippen LogP contribution >= 0.6 is 0 Å². The highest BCUT2D eigenvalue weighted by Crippen LogP contribution is 2.17. The van der Waals surface area contributed by atoms with Crippen molar-refractivity contribution in [3.8, 4) is 5.88 Å². The largest absolute Gasteiger partial charge is 0.477 e. The van der Waals surface area contributed by atoms with Crippen LogP contribution in [0.15, 0.2) is 41.1 Å². The molecule has 106 valence electrons. The van der Waals surface area contributed by atoms with Crippen molar-refractivity contribution in [2.75, 3.05) is 13.2 Å². The van der Waals surface area contributed by atoms with E-state index in [0.717, 1.165) is 0 Å². The Hall–Kier alpha value is -2.34. The summed E-state index contributed by atoms with van der Waals surface area (Å²) in [6, 6.07) is 6.04. The van der Waals surface area contributed by atoms with Crippen LogP contribution < -0.4 is 10.1 Å². The molecule has 6 nitrogen and oxygen atoms in total. The van der Waals surface area contributed by atoms with E-state index in [1.54, 1.807) is 30.5 Å². The lowest BCUT2D eigenvalue weighted by Gasteiger charge is -2.15. The number of pyridine rings is 1. The number of nitrogens with one attached hydrogen (secondary N) is 1. The molecule has 0 aromatic carbocycles. The van der Waals surface area contributed by atoms with Crippen molar-refractivity contribution in [2.24, 2.45) is 0 Å². The molecule has 0 aliphatic carbocycles. The first-order valence-corrected chi connectivity index (χ1v) is 6.29. The molecular weight excluding hydrogens is 260 g/mol. The van der Waals surface area contributed by atoms with Crippen LogP contribution in [0.2, 0.25) is 0 Å². The third-order valence-corrected chi connectivity index (χ3v) is 2.67. The monoisotopic (exact) mass is 276 g/mol. The van der Waals surface area contributed by atoms with Crippen LogP contribution in [0.1, 0.15) is 29.1 Å². The van der Waals surface area contributed by atoms with Gasteiger partial charge in [0.1, 0.15) is 17.4 Å². The number of ether oxygens (including phenoxy) is 1. The Morgan fingerprint density at radius 3 is 3.00 bits per heavy atom. The number of aliphatic hydroxyl groups is 1. The van der Waals surface area contributed by atoms with Crippen LogP contribution in [0.4, 0.5) is 0 Å². The van der Waals surface area contributed by atoms with Gasteiger partial charge in [-0.05, 0) is 31.2 Å². The predicted molar refractivity (Wildman–Crippen MR) is 71.4 cm³/mol. The van der Waals surface area contributed by atoms with Gasteiger partial charge >= 0.3 is 0 Å². The zero-order chi connectivity index (χ0) is 14.4. The molecule has 0 aliphatic rings. The SMILES string of the molecule is CCOc1ncccc1C(=O)NC(CO)c1ccco1. The lowest BCUT2D eigenvalue weighted by atomic mass is 10.2. The fourth-order valence-electron chi connectivity index (χ4n) is 1.75. The molecule has 0 saturated carbocycles. The normalized spacial score (nSPS) is 11.9. The van der Waals surface area contributed by atoms with Gasteiger partial charge in [-0.2, -0.15) is 0 Å². The minimum atomic E-state index is -0.604. The van der Waals surface area contributed by atoms with E-state index >= 15 is 0 Å². The molecule has 0 aliphatic heterocycles. The Kier molecular flexibility index (Phi) is 4.73. The molecule has 2 rings (SSSR count). The number of rotatable bonds is 6. The quantitative estimate of drug-likeness (QED) is 0.836. The summed E-state index contributed by atoms with van der Waals surface area (Å²) < 4.78 is 10.5. The zero-order valence-corrected chi connectivity index (χ0v) is 11.1. The van der Waals surface area contributed by atoms with E-state index in [1.165, 1.54) is 6.26 Å². The van der Waals surface area contributed by atoms with Gasteiger partial charge in [0, 0.05) is 6.20 Å². The Bertz CT molecular complexity index is 554. The van der Waals surface area contributed by atoms with Gasteiger partial charge in [-0.3, -0.25) is 4.79 Å². The maximum Gasteiger partial charge on any atom is 0.257 e. The average molecular weight is 276 g/mol. The second-order valence-electron chi connectivity index (χ2n) is 4.01. The molecule has 2 N–H and O–H groups in total. The van der Waals surface area contributed by atoms with Crippen molar-refractivity contribution in [3.63, 3.8) is 0 Å². The molecule has 6 heteroatoms. The van der Waals surface area contributed by atoms with Crippen molar-refractivity contribution in [1.82, 2.24) is 10.3 Å². The molecule has 2 heterocycles. The number of aromatic nitrogens is 1. The zero-order valence-electron chi connectivity index (χ0n) is 11.1. The summed E-state index contributed by atoms with van der Waals surface area (Å²) in [6.07, 6.45) is 3.04. The van der Waals surface area contributed by atoms with Crippen LogP contribution in [0.5, 0.6) is 5.88 Å². The first-order valence-electron chi connectivity index (χ1n) is 6.29. The lowest BCUT2D eigenvalue weighted by Crippen LogP contribution is -2.31. The highest BCUT2D eigenvalue weighted by molar-refractivity contribution is 5.96. The minimum Gasteiger partial charge on any atom is -0.477 e. The molecule has 1 atom stereocenters. The number of carbonyl (C=O) groups is 1. The molecule has 0 spiro atoms. The number of furan rings is 1. The minimum absolute atomic E-state index is 0.260. The smallest absolute Gasteiger partial charge is 0.257 e. The Balaban J connectivity index is 2.15. The van der Waals surface area contributed by atoms with Crippen molar-refractivity contribution >= 4 is 5.91 Å². The van der Waals surface area contributed by atoms with Gasteiger partial charge in [-0.25, -0.2) is 4.98 Å². The van der Waals surface area contributed by atoms with Crippen molar-refractivity contribution < 1.29 is 19.1 Å². The average Bonchev–Trinajstić information content (AvgIpc) is 2.99. The first kappa shape index (κ1) is 14.1. The van der Waals surface area contributed by atoms with Gasteiger partial charge in [0.2, 0.25) is 5.88 Å². The number of aliphatic hydroxyl groups excluding tert-OH is 1. The Labute approximate surface area is 116 Å². The highest BCUT2D eigenvalue weighted by Gasteiger charge is 2.20. The van der Waals surface area contributed by atoms with Gasteiger partial charge in [0.25, 0.3) is 5.91 Å². The Morgan fingerprint density at radius 1 is 1.50 bits per heavy atom. The van der Waals surface area contributed by atoms with Gasteiger partial charge < -0.3 is 19.6 Å². The maximum absolute atomic E-state index is 12.2. The topological polar surface area (TPSA) is 84.6 Å². The number of amides is 1. The maximum atomic E-state index is 12.2. The predicted octanol–water partition coefficient (Wildman–Crippen LogP) is 1.54. The Morgan fingerprint density at radius 2 is 2.35 bits per heavy atom. The van der Waals surface area contributed by atoms with E-state index in [1.807, 2.05) is 6.92 Å². The number of nitrogens with zero attached hydrogens (tertiary/aromatic N) is 1. The van der Waals surface area contributed by atoms with E-state index in [4.69, 9.17) is 9.15 Å². The first-order chi connectivity index (χ1) is 9.76. The standard InChI is InChI=1S/C14H16N2O4/c1-2-19-14-10(5-3-7-15-14)13(18)16-11(9-17)12-6-4-8-20-12/h3-8,11,17H,2,9H2,1H3,(H,16,18). The summed E-state index contributed by atoms with van der Waals surface area (Å²) in [5, 5.41) is 12.0. The molecule has 0 fully saturated rings. The van der Waals surface area contributed by atoms with Crippen LogP contribution in [-0.4, -0.2) is 29.2 Å². The highest BCUT2D eigenvalue weighted by atomic mass is 16.5. The fourth-order valence-corrected chi connectivity index (χ4v) is 1.75. The van der Waals surface area contributed by atoms with E-state index in [-0.39, 0.29) is 18.4 Å². The molecule has 1 amide bonds. The van der Waals surface area contributed by atoms with Crippen molar-refractivity contribution in [2.45, 2.75) is 13.0 Å². The summed E-state index contributed by atoms with van der Waals surface area (Å²) in [5.74, 6) is 0.378. The number of hydrogen-bond acceptors (Lipinski definition) is 5. The van der Waals surface area contributed by atoms with Crippen LogP contribution in [-0.2, 0) is 0 Å². The van der Waals surface area contributed by atoms with Crippen LogP contribution in [0, 0.1) is 0 Å². The van der Waals surface area contributed by atoms with E-state index < -0.39 is 6.04 Å². The summed E-state index contributed by atoms with van der Waals surface area (Å²) in [4.78, 5) is 16.2. The van der Waals surface area contributed by atoms with Gasteiger partial charge in [0.15, 0.2) is 0 Å². The molecular formula is C14H16N2O4. The lowest BCUT2D eigenvalue weighted by molar-refractivity contribution is 0.0902. The molecule has 2 aromatic rings. The van der Waals surface area contributed by atoms with Crippen LogP contribution in [0.3, 0.4) is 0 Å². The summed E-state index contributed by atoms with van der Waals surface area (Å²) in [5.41, 5.74) is 0.319. The molecule has 0 saturated heterocycles.